The maximum absolute atomic E-state index is 9.75. The van der Waals surface area contributed by atoms with Gasteiger partial charge in [0.1, 0.15) is 0 Å². The zero-order valence-corrected chi connectivity index (χ0v) is 25.3. The van der Waals surface area contributed by atoms with Crippen LogP contribution < -0.4 is 21.2 Å². The molecule has 0 nitrogen and oxygen atoms in total. The summed E-state index contributed by atoms with van der Waals surface area (Å²) in [6.07, 6.45) is 17.4. The summed E-state index contributed by atoms with van der Waals surface area (Å²) in [5, 5.41) is 5.63. The average molecular weight is 644 g/mol. The Balaban J connectivity index is 0.000000195. The van der Waals surface area contributed by atoms with E-state index in [1.54, 1.807) is 0 Å². The van der Waals surface area contributed by atoms with Gasteiger partial charge in [0.25, 0.3) is 0 Å². The molecular weight excluding hydrogens is 616 g/mol. The summed E-state index contributed by atoms with van der Waals surface area (Å²) in [4.78, 5) is 0. The summed E-state index contributed by atoms with van der Waals surface area (Å²) in [6.45, 7) is 0. The molecule has 0 bridgehead atoms. The first kappa shape index (κ1) is 34.5. The van der Waals surface area contributed by atoms with E-state index in [0.29, 0.717) is 0 Å². The van der Waals surface area contributed by atoms with E-state index in [0.717, 1.165) is 0 Å². The van der Waals surface area contributed by atoms with Crippen LogP contribution >= 0.6 is 15.8 Å². The molecular formula is C34H28BCoF4P2+2. The average Bonchev–Trinajstić information content (AvgIpc) is 3.71. The Bertz CT molecular complexity index is 1070. The van der Waals surface area contributed by atoms with E-state index in [4.69, 9.17) is 0 Å². The van der Waals surface area contributed by atoms with E-state index in [9.17, 15) is 17.3 Å². The van der Waals surface area contributed by atoms with Crippen molar-refractivity contribution in [1.29, 1.82) is 0 Å². The molecule has 0 amide bonds. The molecule has 0 saturated heterocycles. The molecule has 0 aromatic heterocycles. The molecule has 0 aliphatic heterocycles. The predicted molar refractivity (Wildman–Crippen MR) is 169 cm³/mol. The van der Waals surface area contributed by atoms with Crippen LogP contribution in [0.5, 0.6) is 0 Å². The van der Waals surface area contributed by atoms with E-state index >= 15 is 0 Å². The van der Waals surface area contributed by atoms with Gasteiger partial charge in [0.2, 0.25) is 0 Å². The SMILES string of the molecule is F[B-](F)(F)F.[CH]1[CH][CH][C](P(c2ccccc2)c2ccccc2)[CH]1.[CH]1[CH][CH][C](P(c2ccccc2)c2ccccc2)[CH]1.[Co+3]. The van der Waals surface area contributed by atoms with Gasteiger partial charge in [-0.2, -0.15) is 0 Å². The summed E-state index contributed by atoms with van der Waals surface area (Å²) in [5.74, 6) is 0. The second-order valence-corrected chi connectivity index (χ2v) is 13.2. The van der Waals surface area contributed by atoms with Crippen LogP contribution in [0.4, 0.5) is 17.3 Å². The molecule has 0 atom stereocenters. The zero-order chi connectivity index (χ0) is 28.9. The Hall–Kier alpha value is -1.97. The Morgan fingerprint density at radius 2 is 0.548 bits per heavy atom. The fourth-order valence-corrected chi connectivity index (χ4v) is 8.84. The van der Waals surface area contributed by atoms with Gasteiger partial charge in [-0.3, -0.25) is 0 Å². The summed E-state index contributed by atoms with van der Waals surface area (Å²) in [7, 11) is -6.82. The van der Waals surface area contributed by atoms with Crippen LogP contribution in [0.3, 0.4) is 0 Å². The Morgan fingerprint density at radius 3 is 0.738 bits per heavy atom. The Kier molecular flexibility index (Phi) is 14.8. The van der Waals surface area contributed by atoms with E-state index in [-0.39, 0.29) is 16.8 Å². The van der Waals surface area contributed by atoms with Crippen LogP contribution in [-0.2, 0) is 16.8 Å². The third-order valence-electron chi connectivity index (χ3n) is 5.86. The minimum Gasteiger partial charge on any atom is -0.418 e. The monoisotopic (exact) mass is 644 g/mol. The number of benzene rings is 4. The van der Waals surface area contributed by atoms with Crippen molar-refractivity contribution in [3.63, 3.8) is 0 Å². The maximum Gasteiger partial charge on any atom is 3.00 e. The van der Waals surface area contributed by atoms with Gasteiger partial charge in [0, 0.05) is 11.3 Å². The molecule has 2 aliphatic rings. The summed E-state index contributed by atoms with van der Waals surface area (Å²) in [6, 6.07) is 43.1. The van der Waals surface area contributed by atoms with Gasteiger partial charge in [-0.1, -0.05) is 121 Å². The van der Waals surface area contributed by atoms with Gasteiger partial charge >= 0.3 is 24.0 Å². The molecule has 42 heavy (non-hydrogen) atoms. The van der Waals surface area contributed by atoms with Crippen molar-refractivity contribution in [1.82, 2.24) is 0 Å². The van der Waals surface area contributed by atoms with E-state index in [1.807, 2.05) is 0 Å². The minimum absolute atomic E-state index is 0. The molecule has 6 rings (SSSR count). The smallest absolute Gasteiger partial charge is 0.418 e. The number of halogens is 4. The van der Waals surface area contributed by atoms with Gasteiger partial charge in [-0.15, -0.1) is 0 Å². The van der Waals surface area contributed by atoms with Crippen molar-refractivity contribution in [2.75, 3.05) is 0 Å². The van der Waals surface area contributed by atoms with Crippen LogP contribution in [-0.4, -0.2) is 7.25 Å². The van der Waals surface area contributed by atoms with Gasteiger partial charge in [-0.25, -0.2) is 0 Å². The molecule has 2 aliphatic carbocycles. The van der Waals surface area contributed by atoms with Crippen molar-refractivity contribution in [3.8, 4) is 0 Å². The third-order valence-corrected chi connectivity index (χ3v) is 10.8. The van der Waals surface area contributed by atoms with E-state index in [2.05, 4.69) is 173 Å². The first-order valence-corrected chi connectivity index (χ1v) is 15.7. The second-order valence-electron chi connectivity index (χ2n) is 8.79. The van der Waals surface area contributed by atoms with Crippen molar-refractivity contribution < 1.29 is 34.0 Å². The van der Waals surface area contributed by atoms with E-state index < -0.39 is 23.1 Å². The second kappa shape index (κ2) is 18.0. The van der Waals surface area contributed by atoms with Crippen LogP contribution in [0.1, 0.15) is 0 Å². The van der Waals surface area contributed by atoms with Crippen molar-refractivity contribution >= 4 is 44.3 Å². The summed E-state index contributed by atoms with van der Waals surface area (Å²) < 4.78 is 39.0. The van der Waals surface area contributed by atoms with Gasteiger partial charge in [0.15, 0.2) is 0 Å². The van der Waals surface area contributed by atoms with Gasteiger partial charge in [0.05, 0.1) is 0 Å². The molecule has 212 valence electrons. The van der Waals surface area contributed by atoms with E-state index in [1.165, 1.54) is 32.5 Å². The summed E-state index contributed by atoms with van der Waals surface area (Å²) >= 11 is 0. The molecule has 10 radical (unpaired) electrons. The fourth-order valence-electron chi connectivity index (χ4n) is 4.23. The first-order chi connectivity index (χ1) is 19.9. The molecule has 2 fully saturated rings. The standard InChI is InChI=1S/2C17H14P.BF4.Co/c2*1-3-9-15(10-4-1)18(17-13-7-8-14-17)16-11-5-2-6-12-16;2-1(3,4)5;/h2*1-14H;;/q;;-1;+3. The topological polar surface area (TPSA) is 0 Å². The van der Waals surface area contributed by atoms with Gasteiger partial charge in [-0.05, 0) is 88.4 Å². The molecule has 2 saturated carbocycles. The third kappa shape index (κ3) is 11.3. The minimum atomic E-state index is -6.00. The number of hydrogen-bond acceptors (Lipinski definition) is 0. The predicted octanol–water partition coefficient (Wildman–Crippen LogP) is 8.26. The first-order valence-electron chi connectivity index (χ1n) is 13.0. The molecule has 0 spiro atoms. The molecule has 4 aromatic carbocycles. The quantitative estimate of drug-likeness (QED) is 0.113. The molecule has 0 unspecified atom stereocenters. The number of rotatable bonds is 6. The maximum atomic E-state index is 9.75. The van der Waals surface area contributed by atoms with Crippen molar-refractivity contribution in [2.45, 2.75) is 0 Å². The zero-order valence-electron chi connectivity index (χ0n) is 22.5. The fraction of sp³-hybridized carbons (Fsp3) is 0. The normalized spacial score (nSPS) is 15.4. The molecule has 4 aromatic rings. The molecule has 0 N–H and O–H groups in total. The van der Waals surface area contributed by atoms with Crippen LogP contribution in [0.25, 0.3) is 0 Å². The molecule has 0 heterocycles. The van der Waals surface area contributed by atoms with Crippen molar-refractivity contribution in [3.05, 3.63) is 184 Å². The molecule has 8 heteroatoms. The van der Waals surface area contributed by atoms with Crippen LogP contribution in [0, 0.1) is 62.7 Å². The van der Waals surface area contributed by atoms with Crippen LogP contribution in [0.15, 0.2) is 121 Å². The van der Waals surface area contributed by atoms with Crippen molar-refractivity contribution in [2.24, 2.45) is 0 Å². The largest absolute Gasteiger partial charge is 3.00 e. The number of hydrogen-bond donors (Lipinski definition) is 0. The summed E-state index contributed by atoms with van der Waals surface area (Å²) in [5.41, 5.74) is 2.84. The Labute approximate surface area is 261 Å². The van der Waals surface area contributed by atoms with Crippen LogP contribution in [0.2, 0.25) is 0 Å². The van der Waals surface area contributed by atoms with Gasteiger partial charge < -0.3 is 17.3 Å². The Morgan fingerprint density at radius 1 is 0.357 bits per heavy atom.